The van der Waals surface area contributed by atoms with Gasteiger partial charge in [0.25, 0.3) is 10.0 Å². The minimum Gasteiger partial charge on any atom is -0.346 e. The van der Waals surface area contributed by atoms with Crippen LogP contribution < -0.4 is 10.5 Å². The van der Waals surface area contributed by atoms with Crippen molar-refractivity contribution in [2.75, 3.05) is 4.72 Å². The number of rotatable bonds is 5. The summed E-state index contributed by atoms with van der Waals surface area (Å²) in [7, 11) is -3.69. The molecule has 112 valence electrons. The largest absolute Gasteiger partial charge is 0.346 e. The highest BCUT2D eigenvalue weighted by Gasteiger charge is 2.27. The van der Waals surface area contributed by atoms with E-state index in [1.165, 1.54) is 24.3 Å². The van der Waals surface area contributed by atoms with E-state index in [2.05, 4.69) is 4.72 Å². The molecule has 21 heavy (non-hydrogen) atoms. The molecule has 5 nitrogen and oxygen atoms in total. The molecule has 0 saturated heterocycles. The minimum atomic E-state index is -3.69. The predicted octanol–water partition coefficient (Wildman–Crippen LogP) is 2.22. The third-order valence-corrected chi connectivity index (χ3v) is 4.81. The van der Waals surface area contributed by atoms with E-state index >= 15 is 0 Å². The molecule has 3 rings (SSSR count). The molecular weight excluding hydrogens is 293 g/mol. The summed E-state index contributed by atoms with van der Waals surface area (Å²) in [5.74, 6) is -0.414. The number of anilines is 1. The van der Waals surface area contributed by atoms with E-state index in [1.807, 2.05) is 4.57 Å². The van der Waals surface area contributed by atoms with Gasteiger partial charge in [0.05, 0.1) is 0 Å². The second kappa shape index (κ2) is 5.16. The van der Waals surface area contributed by atoms with Crippen LogP contribution in [-0.4, -0.2) is 13.0 Å². The van der Waals surface area contributed by atoms with Gasteiger partial charge in [0.1, 0.15) is 10.7 Å². The summed E-state index contributed by atoms with van der Waals surface area (Å²) >= 11 is 0. The molecular formula is C14H16FN3O2S. The molecule has 1 heterocycles. The number of aromatic nitrogens is 1. The summed E-state index contributed by atoms with van der Waals surface area (Å²) in [5, 5.41) is 0. The average Bonchev–Trinajstić information content (AvgIpc) is 3.19. The zero-order valence-corrected chi connectivity index (χ0v) is 12.1. The summed E-state index contributed by atoms with van der Waals surface area (Å²) in [4.78, 5) is 0.180. The molecule has 0 unspecified atom stereocenters. The number of nitrogens with zero attached hydrogens (tertiary/aromatic N) is 1. The van der Waals surface area contributed by atoms with Gasteiger partial charge in [-0.05, 0) is 43.2 Å². The van der Waals surface area contributed by atoms with Crippen molar-refractivity contribution in [3.8, 4) is 0 Å². The van der Waals surface area contributed by atoms with Crippen molar-refractivity contribution in [3.05, 3.63) is 48.0 Å². The Morgan fingerprint density at radius 3 is 2.52 bits per heavy atom. The van der Waals surface area contributed by atoms with Gasteiger partial charge in [-0.25, -0.2) is 12.8 Å². The number of halogens is 1. The quantitative estimate of drug-likeness (QED) is 0.889. The van der Waals surface area contributed by atoms with Crippen LogP contribution in [-0.2, 0) is 16.6 Å². The fraction of sp³-hybridized carbons (Fsp3) is 0.286. The minimum absolute atomic E-state index is 0.180. The first-order valence-electron chi connectivity index (χ1n) is 6.69. The lowest BCUT2D eigenvalue weighted by Crippen LogP contribution is -2.12. The fourth-order valence-electron chi connectivity index (χ4n) is 2.23. The molecule has 2 aromatic rings. The van der Waals surface area contributed by atoms with Crippen molar-refractivity contribution in [2.45, 2.75) is 30.3 Å². The van der Waals surface area contributed by atoms with Gasteiger partial charge in [0, 0.05) is 30.2 Å². The monoisotopic (exact) mass is 309 g/mol. The molecule has 0 atom stereocenters. The third kappa shape index (κ3) is 2.93. The molecule has 1 fully saturated rings. The van der Waals surface area contributed by atoms with Crippen molar-refractivity contribution in [2.24, 2.45) is 5.73 Å². The van der Waals surface area contributed by atoms with Crippen molar-refractivity contribution < 1.29 is 12.8 Å². The van der Waals surface area contributed by atoms with E-state index in [0.717, 1.165) is 18.5 Å². The van der Waals surface area contributed by atoms with Gasteiger partial charge in [0.15, 0.2) is 0 Å². The Labute approximate surface area is 122 Å². The normalized spacial score (nSPS) is 15.1. The second-order valence-corrected chi connectivity index (χ2v) is 6.80. The van der Waals surface area contributed by atoms with Crippen molar-refractivity contribution in [1.82, 2.24) is 4.57 Å². The molecule has 1 saturated carbocycles. The van der Waals surface area contributed by atoms with Gasteiger partial charge in [-0.3, -0.25) is 4.72 Å². The van der Waals surface area contributed by atoms with Gasteiger partial charge in [-0.1, -0.05) is 0 Å². The molecule has 1 aromatic carbocycles. The lowest BCUT2D eigenvalue weighted by atomic mass is 10.3. The Hall–Kier alpha value is -1.86. The molecule has 0 amide bonds. The van der Waals surface area contributed by atoms with Crippen molar-refractivity contribution >= 4 is 15.7 Å². The van der Waals surface area contributed by atoms with E-state index < -0.39 is 15.8 Å². The Kier molecular flexibility index (Phi) is 3.46. The summed E-state index contributed by atoms with van der Waals surface area (Å²) in [6.07, 6.45) is 3.71. The van der Waals surface area contributed by atoms with Crippen LogP contribution in [0.5, 0.6) is 0 Å². The standard InChI is InChI=1S/C14H16FN3O2S/c15-10-1-3-11(4-2-10)17-21(19,20)14-7-13(8-16)18(9-14)12-5-6-12/h1-4,7,9,12,17H,5-6,8,16H2. The fourth-order valence-corrected chi connectivity index (χ4v) is 3.34. The zero-order valence-electron chi connectivity index (χ0n) is 11.3. The number of sulfonamides is 1. The second-order valence-electron chi connectivity index (χ2n) is 5.12. The molecule has 1 aliphatic rings. The SMILES string of the molecule is NCc1cc(S(=O)(=O)Nc2ccc(F)cc2)cn1C1CC1. The molecule has 0 bridgehead atoms. The highest BCUT2D eigenvalue weighted by atomic mass is 32.2. The Morgan fingerprint density at radius 2 is 1.95 bits per heavy atom. The van der Waals surface area contributed by atoms with Gasteiger partial charge in [0.2, 0.25) is 0 Å². The highest BCUT2D eigenvalue weighted by Crippen LogP contribution is 2.37. The maximum absolute atomic E-state index is 12.8. The Balaban J connectivity index is 1.89. The van der Waals surface area contributed by atoms with Crippen LogP contribution in [0.2, 0.25) is 0 Å². The summed E-state index contributed by atoms with van der Waals surface area (Å²) < 4.78 is 41.9. The number of hydrogen-bond donors (Lipinski definition) is 2. The molecule has 7 heteroatoms. The molecule has 0 spiro atoms. The first-order valence-corrected chi connectivity index (χ1v) is 8.17. The lowest BCUT2D eigenvalue weighted by molar-refractivity contribution is 0.600. The van der Waals surface area contributed by atoms with Gasteiger partial charge < -0.3 is 10.3 Å². The summed E-state index contributed by atoms with van der Waals surface area (Å²) in [6, 6.07) is 7.13. The van der Waals surface area contributed by atoms with E-state index in [4.69, 9.17) is 5.73 Å². The molecule has 1 aliphatic carbocycles. The predicted molar refractivity (Wildman–Crippen MR) is 77.8 cm³/mol. The summed E-state index contributed by atoms with van der Waals surface area (Å²) in [5.41, 5.74) is 6.79. The van der Waals surface area contributed by atoms with Crippen LogP contribution >= 0.6 is 0 Å². The third-order valence-electron chi connectivity index (χ3n) is 3.46. The van der Waals surface area contributed by atoms with Crippen LogP contribution in [0.25, 0.3) is 0 Å². The molecule has 0 radical (unpaired) electrons. The number of benzene rings is 1. The first-order chi connectivity index (χ1) is 9.99. The van der Waals surface area contributed by atoms with E-state index in [1.54, 1.807) is 12.3 Å². The van der Waals surface area contributed by atoms with E-state index in [0.29, 0.717) is 18.3 Å². The van der Waals surface area contributed by atoms with E-state index in [-0.39, 0.29) is 4.90 Å². The van der Waals surface area contributed by atoms with Gasteiger partial charge >= 0.3 is 0 Å². The van der Waals surface area contributed by atoms with E-state index in [9.17, 15) is 12.8 Å². The van der Waals surface area contributed by atoms with Gasteiger partial charge in [-0.2, -0.15) is 0 Å². The Morgan fingerprint density at radius 1 is 1.29 bits per heavy atom. The zero-order chi connectivity index (χ0) is 15.0. The average molecular weight is 309 g/mol. The maximum Gasteiger partial charge on any atom is 0.263 e. The smallest absolute Gasteiger partial charge is 0.263 e. The molecule has 3 N–H and O–H groups in total. The number of hydrogen-bond acceptors (Lipinski definition) is 3. The maximum atomic E-state index is 12.8. The highest BCUT2D eigenvalue weighted by molar-refractivity contribution is 7.92. The molecule has 1 aromatic heterocycles. The lowest BCUT2D eigenvalue weighted by Gasteiger charge is -2.06. The Bertz CT molecular complexity index is 749. The molecule has 0 aliphatic heterocycles. The van der Waals surface area contributed by atoms with Crippen molar-refractivity contribution in [1.29, 1.82) is 0 Å². The first kappa shape index (κ1) is 14.1. The topological polar surface area (TPSA) is 77.1 Å². The van der Waals surface area contributed by atoms with Crippen LogP contribution in [0.3, 0.4) is 0 Å². The van der Waals surface area contributed by atoms with Crippen LogP contribution in [0.15, 0.2) is 41.4 Å². The summed E-state index contributed by atoms with van der Waals surface area (Å²) in [6.45, 7) is 0.294. The number of nitrogens with one attached hydrogen (secondary N) is 1. The van der Waals surface area contributed by atoms with Crippen LogP contribution in [0, 0.1) is 5.82 Å². The van der Waals surface area contributed by atoms with Crippen molar-refractivity contribution in [3.63, 3.8) is 0 Å². The van der Waals surface area contributed by atoms with Crippen LogP contribution in [0.1, 0.15) is 24.6 Å². The van der Waals surface area contributed by atoms with Gasteiger partial charge in [-0.15, -0.1) is 0 Å². The number of nitrogens with two attached hydrogens (primary N) is 1. The van der Waals surface area contributed by atoms with Crippen LogP contribution in [0.4, 0.5) is 10.1 Å².